The number of hydrogen-bond acceptors (Lipinski definition) is 3. The molecule has 6 heteroatoms. The fourth-order valence-electron chi connectivity index (χ4n) is 2.71. The minimum atomic E-state index is -3.61. The van der Waals surface area contributed by atoms with Crippen molar-refractivity contribution in [1.29, 1.82) is 0 Å². The maximum Gasteiger partial charge on any atom is 0.335 e. The van der Waals surface area contributed by atoms with Gasteiger partial charge in [0.1, 0.15) is 0 Å². The summed E-state index contributed by atoms with van der Waals surface area (Å²) in [5.74, 6) is -0.529. The fraction of sp³-hybridized carbons (Fsp3) is 0.533. The first-order valence-electron chi connectivity index (χ1n) is 7.20. The van der Waals surface area contributed by atoms with E-state index in [0.29, 0.717) is 24.6 Å². The van der Waals surface area contributed by atoms with Gasteiger partial charge in [-0.2, -0.15) is 4.31 Å². The first-order chi connectivity index (χ1) is 9.86. The van der Waals surface area contributed by atoms with Crippen molar-refractivity contribution in [3.05, 3.63) is 29.3 Å². The van der Waals surface area contributed by atoms with Crippen LogP contribution < -0.4 is 0 Å². The Morgan fingerprint density at radius 3 is 2.48 bits per heavy atom. The summed E-state index contributed by atoms with van der Waals surface area (Å²) < 4.78 is 26.9. The number of nitrogens with zero attached hydrogens (tertiary/aromatic N) is 1. The van der Waals surface area contributed by atoms with E-state index >= 15 is 0 Å². The Hall–Kier alpha value is -1.40. The second kappa shape index (κ2) is 6.15. The number of carbonyl (C=O) groups is 1. The lowest BCUT2D eigenvalue weighted by Crippen LogP contribution is -2.38. The zero-order valence-corrected chi connectivity index (χ0v) is 13.2. The third kappa shape index (κ3) is 3.27. The molecule has 116 valence electrons. The molecule has 1 aliphatic rings. The van der Waals surface area contributed by atoms with E-state index in [1.54, 1.807) is 13.0 Å². The summed E-state index contributed by atoms with van der Waals surface area (Å²) in [6.45, 7) is 4.84. The van der Waals surface area contributed by atoms with Crippen LogP contribution >= 0.6 is 0 Å². The molecule has 0 aliphatic carbocycles. The molecule has 5 nitrogen and oxygen atoms in total. The standard InChI is InChI=1S/C15H21NO4S/c1-3-12-6-8-16(9-7-12)21(19,20)14-10-13(15(17)18)5-4-11(14)2/h4-5,10,12H,3,6-9H2,1-2H3,(H,17,18). The van der Waals surface area contributed by atoms with Crippen LogP contribution in [0.5, 0.6) is 0 Å². The number of sulfonamides is 1. The molecule has 0 bridgehead atoms. The molecule has 1 aliphatic heterocycles. The van der Waals surface area contributed by atoms with Crippen molar-refractivity contribution in [2.75, 3.05) is 13.1 Å². The summed E-state index contributed by atoms with van der Waals surface area (Å²) in [5.41, 5.74) is 0.584. The van der Waals surface area contributed by atoms with Crippen LogP contribution in [0, 0.1) is 12.8 Å². The Balaban J connectivity index is 2.32. The summed E-state index contributed by atoms with van der Waals surface area (Å²) in [7, 11) is -3.61. The van der Waals surface area contributed by atoms with Crippen molar-refractivity contribution < 1.29 is 18.3 Å². The van der Waals surface area contributed by atoms with Gasteiger partial charge in [0.05, 0.1) is 10.5 Å². The first kappa shape index (κ1) is 16.0. The topological polar surface area (TPSA) is 74.7 Å². The molecule has 1 saturated heterocycles. The molecule has 1 heterocycles. The Morgan fingerprint density at radius 1 is 1.33 bits per heavy atom. The molecule has 1 fully saturated rings. The highest BCUT2D eigenvalue weighted by Gasteiger charge is 2.30. The van der Waals surface area contributed by atoms with E-state index in [1.165, 1.54) is 16.4 Å². The summed E-state index contributed by atoms with van der Waals surface area (Å²) in [6.07, 6.45) is 2.81. The second-order valence-electron chi connectivity index (χ2n) is 5.54. The lowest BCUT2D eigenvalue weighted by atomic mass is 9.96. The van der Waals surface area contributed by atoms with Gasteiger partial charge < -0.3 is 5.11 Å². The van der Waals surface area contributed by atoms with Crippen LogP contribution in [0.3, 0.4) is 0 Å². The number of carboxylic acids is 1. The van der Waals surface area contributed by atoms with Crippen LogP contribution in [0.2, 0.25) is 0 Å². The highest BCUT2D eigenvalue weighted by molar-refractivity contribution is 7.89. The number of aryl methyl sites for hydroxylation is 1. The molecule has 0 amide bonds. The largest absolute Gasteiger partial charge is 0.478 e. The van der Waals surface area contributed by atoms with Gasteiger partial charge >= 0.3 is 5.97 Å². The summed E-state index contributed by atoms with van der Waals surface area (Å²) in [4.78, 5) is 11.1. The van der Waals surface area contributed by atoms with Crippen molar-refractivity contribution in [1.82, 2.24) is 4.31 Å². The molecule has 0 atom stereocenters. The molecule has 0 radical (unpaired) electrons. The van der Waals surface area contributed by atoms with Gasteiger partial charge in [-0.15, -0.1) is 0 Å². The highest BCUT2D eigenvalue weighted by atomic mass is 32.2. The molecular formula is C15H21NO4S. The smallest absolute Gasteiger partial charge is 0.335 e. The molecule has 1 aromatic carbocycles. The summed E-state index contributed by atoms with van der Waals surface area (Å²) in [5, 5.41) is 9.03. The lowest BCUT2D eigenvalue weighted by molar-refractivity contribution is 0.0696. The van der Waals surface area contributed by atoms with Gasteiger partial charge in [0, 0.05) is 13.1 Å². The Morgan fingerprint density at radius 2 is 1.95 bits per heavy atom. The van der Waals surface area contributed by atoms with Crippen molar-refractivity contribution in [3.63, 3.8) is 0 Å². The fourth-order valence-corrected chi connectivity index (χ4v) is 4.43. The predicted octanol–water partition coefficient (Wildman–Crippen LogP) is 2.50. The molecule has 21 heavy (non-hydrogen) atoms. The quantitative estimate of drug-likeness (QED) is 0.927. The highest BCUT2D eigenvalue weighted by Crippen LogP contribution is 2.27. The van der Waals surface area contributed by atoms with E-state index < -0.39 is 16.0 Å². The van der Waals surface area contributed by atoms with Crippen molar-refractivity contribution >= 4 is 16.0 Å². The lowest BCUT2D eigenvalue weighted by Gasteiger charge is -2.31. The average Bonchev–Trinajstić information content (AvgIpc) is 2.47. The van der Waals surface area contributed by atoms with E-state index in [9.17, 15) is 13.2 Å². The van der Waals surface area contributed by atoms with Crippen LogP contribution in [0.25, 0.3) is 0 Å². The predicted molar refractivity (Wildman–Crippen MR) is 79.9 cm³/mol. The van der Waals surface area contributed by atoms with E-state index in [2.05, 4.69) is 6.92 Å². The van der Waals surface area contributed by atoms with Crippen molar-refractivity contribution in [2.45, 2.75) is 38.0 Å². The van der Waals surface area contributed by atoms with Crippen molar-refractivity contribution in [3.8, 4) is 0 Å². The number of aromatic carboxylic acids is 1. The summed E-state index contributed by atoms with van der Waals surface area (Å²) in [6, 6.07) is 4.24. The van der Waals surface area contributed by atoms with Gasteiger partial charge in [-0.1, -0.05) is 19.4 Å². The molecule has 0 saturated carbocycles. The molecule has 2 rings (SSSR count). The Labute approximate surface area is 125 Å². The number of hydrogen-bond donors (Lipinski definition) is 1. The number of benzene rings is 1. The van der Waals surface area contributed by atoms with Gasteiger partial charge in [0.2, 0.25) is 10.0 Å². The minimum absolute atomic E-state index is 0.00243. The SMILES string of the molecule is CCC1CCN(S(=O)(=O)c2cc(C(=O)O)ccc2C)CC1. The molecule has 1 aromatic rings. The molecular weight excluding hydrogens is 290 g/mol. The van der Waals surface area contributed by atoms with Crippen LogP contribution in [0.1, 0.15) is 42.1 Å². The number of piperidine rings is 1. The number of rotatable bonds is 4. The zero-order valence-electron chi connectivity index (χ0n) is 12.4. The molecule has 0 aromatic heterocycles. The zero-order chi connectivity index (χ0) is 15.6. The van der Waals surface area contributed by atoms with Crippen LogP contribution in [0.4, 0.5) is 0 Å². The maximum atomic E-state index is 12.7. The van der Waals surface area contributed by atoms with Crippen LogP contribution in [-0.4, -0.2) is 36.9 Å². The van der Waals surface area contributed by atoms with Crippen LogP contribution in [0.15, 0.2) is 23.1 Å². The van der Waals surface area contributed by atoms with E-state index in [1.807, 2.05) is 0 Å². The van der Waals surface area contributed by atoms with Crippen molar-refractivity contribution in [2.24, 2.45) is 5.92 Å². The van der Waals surface area contributed by atoms with Gasteiger partial charge in [-0.3, -0.25) is 0 Å². The van der Waals surface area contributed by atoms with Gasteiger partial charge in [-0.05, 0) is 43.4 Å². The average molecular weight is 311 g/mol. The summed E-state index contributed by atoms with van der Waals surface area (Å²) >= 11 is 0. The third-order valence-corrected chi connectivity index (χ3v) is 6.24. The second-order valence-corrected chi connectivity index (χ2v) is 7.45. The first-order valence-corrected chi connectivity index (χ1v) is 8.64. The molecule has 0 spiro atoms. The van der Waals surface area contributed by atoms with E-state index in [4.69, 9.17) is 5.11 Å². The van der Waals surface area contributed by atoms with Gasteiger partial charge in [0.15, 0.2) is 0 Å². The monoisotopic (exact) mass is 311 g/mol. The normalized spacial score (nSPS) is 17.8. The van der Waals surface area contributed by atoms with E-state index in [-0.39, 0.29) is 10.5 Å². The molecule has 1 N–H and O–H groups in total. The van der Waals surface area contributed by atoms with E-state index in [0.717, 1.165) is 19.3 Å². The van der Waals surface area contributed by atoms with Crippen LogP contribution in [-0.2, 0) is 10.0 Å². The number of carboxylic acid groups (broad SMARTS) is 1. The minimum Gasteiger partial charge on any atom is -0.478 e. The Kier molecular flexibility index (Phi) is 4.68. The Bertz CT molecular complexity index is 631. The molecule has 0 unspecified atom stereocenters. The maximum absolute atomic E-state index is 12.7. The third-order valence-electron chi connectivity index (χ3n) is 4.20. The van der Waals surface area contributed by atoms with Gasteiger partial charge in [0.25, 0.3) is 0 Å². The van der Waals surface area contributed by atoms with Gasteiger partial charge in [-0.25, -0.2) is 13.2 Å².